The fourth-order valence-corrected chi connectivity index (χ4v) is 1.69. The Labute approximate surface area is 113 Å². The second kappa shape index (κ2) is 5.97. The zero-order chi connectivity index (χ0) is 14.6. The maximum atomic E-state index is 12.9. The highest BCUT2D eigenvalue weighted by molar-refractivity contribution is 5.77. The van der Waals surface area contributed by atoms with Gasteiger partial charge >= 0.3 is 5.97 Å². The molecule has 0 aliphatic carbocycles. The number of hydrogen-bond acceptors (Lipinski definition) is 3. The van der Waals surface area contributed by atoms with E-state index in [1.165, 1.54) is 12.1 Å². The summed E-state index contributed by atoms with van der Waals surface area (Å²) in [7, 11) is 0. The van der Waals surface area contributed by atoms with Crippen LogP contribution >= 0.6 is 0 Å². The van der Waals surface area contributed by atoms with Gasteiger partial charge in [-0.05, 0) is 38.5 Å². The molecule has 0 unspecified atom stereocenters. The Morgan fingerprint density at radius 1 is 1.37 bits per heavy atom. The monoisotopic (exact) mass is 265 g/mol. The molecule has 1 rings (SSSR count). The summed E-state index contributed by atoms with van der Waals surface area (Å²) in [6, 6.07) is 4.97. The van der Waals surface area contributed by atoms with Crippen LogP contribution in [0.15, 0.2) is 36.9 Å². The molecule has 4 heteroatoms. The molecule has 0 amide bonds. The van der Waals surface area contributed by atoms with Crippen molar-refractivity contribution in [1.82, 2.24) is 0 Å². The Balaban J connectivity index is 2.88. The van der Waals surface area contributed by atoms with Gasteiger partial charge in [0.15, 0.2) is 0 Å². The van der Waals surface area contributed by atoms with Crippen molar-refractivity contribution in [2.24, 2.45) is 5.73 Å². The molecule has 104 valence electrons. The van der Waals surface area contributed by atoms with E-state index in [4.69, 9.17) is 10.5 Å². The summed E-state index contributed by atoms with van der Waals surface area (Å²) in [4.78, 5) is 11.9. The van der Waals surface area contributed by atoms with E-state index in [1.807, 2.05) is 0 Å². The minimum Gasteiger partial charge on any atom is -0.459 e. The van der Waals surface area contributed by atoms with Crippen molar-refractivity contribution in [3.8, 4) is 0 Å². The molecule has 3 nitrogen and oxygen atoms in total. The van der Waals surface area contributed by atoms with Crippen molar-refractivity contribution < 1.29 is 13.9 Å². The van der Waals surface area contributed by atoms with Gasteiger partial charge in [0.2, 0.25) is 0 Å². The van der Waals surface area contributed by atoms with Gasteiger partial charge in [0.05, 0.1) is 0 Å². The van der Waals surface area contributed by atoms with Crippen LogP contribution in [0.1, 0.15) is 32.3 Å². The first kappa shape index (κ1) is 15.4. The Morgan fingerprint density at radius 3 is 2.32 bits per heavy atom. The average Bonchev–Trinajstić information content (AvgIpc) is 2.30. The van der Waals surface area contributed by atoms with E-state index in [9.17, 15) is 9.18 Å². The molecule has 0 aliphatic rings. The highest BCUT2D eigenvalue weighted by Crippen LogP contribution is 2.22. The van der Waals surface area contributed by atoms with Crippen LogP contribution in [0.3, 0.4) is 0 Å². The normalized spacial score (nSPS) is 14.6. The van der Waals surface area contributed by atoms with Crippen molar-refractivity contribution in [2.75, 3.05) is 0 Å². The predicted molar refractivity (Wildman–Crippen MR) is 73.2 cm³/mol. The lowest BCUT2D eigenvalue weighted by molar-refractivity contribution is -0.156. The van der Waals surface area contributed by atoms with E-state index in [-0.39, 0.29) is 5.82 Å². The Kier molecular flexibility index (Phi) is 4.84. The Morgan fingerprint density at radius 2 is 1.89 bits per heavy atom. The van der Waals surface area contributed by atoms with Crippen LogP contribution in [0, 0.1) is 5.82 Å². The molecule has 1 aromatic carbocycles. The number of halogens is 1. The molecular weight excluding hydrogens is 245 g/mol. The van der Waals surface area contributed by atoms with Gasteiger partial charge < -0.3 is 10.5 Å². The number of carbonyl (C=O) groups is 1. The number of hydrogen-bond donors (Lipinski definition) is 1. The van der Waals surface area contributed by atoms with Gasteiger partial charge in [-0.2, -0.15) is 0 Å². The molecular formula is C15H20FNO2. The molecule has 0 saturated heterocycles. The second-order valence-electron chi connectivity index (χ2n) is 5.37. The van der Waals surface area contributed by atoms with E-state index < -0.39 is 23.5 Å². The third kappa shape index (κ3) is 4.48. The summed E-state index contributed by atoms with van der Waals surface area (Å²) in [5, 5.41) is 0. The number of nitrogens with two attached hydrogens (primary N) is 1. The fraction of sp³-hybridized carbons (Fsp3) is 0.400. The summed E-state index contributed by atoms with van der Waals surface area (Å²) < 4.78 is 18.1. The van der Waals surface area contributed by atoms with Crippen LogP contribution in [0.4, 0.5) is 4.39 Å². The molecule has 0 heterocycles. The lowest BCUT2D eigenvalue weighted by atomic mass is 9.92. The minimum absolute atomic E-state index is 0.336. The quantitative estimate of drug-likeness (QED) is 0.672. The zero-order valence-corrected chi connectivity index (χ0v) is 11.5. The molecule has 2 atom stereocenters. The summed E-state index contributed by atoms with van der Waals surface area (Å²) in [6.07, 6.45) is 1.57. The van der Waals surface area contributed by atoms with Gasteiger partial charge in [-0.3, -0.25) is 4.79 Å². The standard InChI is InChI=1S/C15H20FNO2/c1-5-12(10-6-8-11(16)9-7-10)13(17)14(18)19-15(2,3)4/h5-9,12-13H,1,17H2,2-4H3/t12-,13-/m0/s1. The maximum absolute atomic E-state index is 12.9. The molecule has 1 aromatic rings. The maximum Gasteiger partial charge on any atom is 0.324 e. The summed E-state index contributed by atoms with van der Waals surface area (Å²) in [5.74, 6) is -1.24. The first-order chi connectivity index (χ1) is 8.74. The number of esters is 1. The lowest BCUT2D eigenvalue weighted by Crippen LogP contribution is -2.41. The molecule has 0 saturated carbocycles. The van der Waals surface area contributed by atoms with E-state index in [2.05, 4.69) is 6.58 Å². The van der Waals surface area contributed by atoms with Crippen molar-refractivity contribution >= 4 is 5.97 Å². The number of benzene rings is 1. The average molecular weight is 265 g/mol. The molecule has 0 aliphatic heterocycles. The minimum atomic E-state index is -0.859. The van der Waals surface area contributed by atoms with E-state index >= 15 is 0 Å². The van der Waals surface area contributed by atoms with E-state index in [0.29, 0.717) is 0 Å². The van der Waals surface area contributed by atoms with Crippen LogP contribution in [0.5, 0.6) is 0 Å². The van der Waals surface area contributed by atoms with E-state index in [1.54, 1.807) is 39.0 Å². The molecule has 0 bridgehead atoms. The topological polar surface area (TPSA) is 52.3 Å². The van der Waals surface area contributed by atoms with Gasteiger partial charge in [-0.1, -0.05) is 18.2 Å². The van der Waals surface area contributed by atoms with Gasteiger partial charge in [0, 0.05) is 5.92 Å². The van der Waals surface area contributed by atoms with Crippen LogP contribution in [-0.2, 0) is 9.53 Å². The van der Waals surface area contributed by atoms with Crippen molar-refractivity contribution in [3.05, 3.63) is 48.3 Å². The molecule has 0 spiro atoms. The number of carbonyl (C=O) groups excluding carboxylic acids is 1. The molecule has 2 N–H and O–H groups in total. The van der Waals surface area contributed by atoms with Crippen LogP contribution in [-0.4, -0.2) is 17.6 Å². The smallest absolute Gasteiger partial charge is 0.324 e. The molecule has 0 fully saturated rings. The van der Waals surface area contributed by atoms with Crippen molar-refractivity contribution in [1.29, 1.82) is 0 Å². The number of rotatable bonds is 4. The zero-order valence-electron chi connectivity index (χ0n) is 11.5. The second-order valence-corrected chi connectivity index (χ2v) is 5.37. The molecule has 0 radical (unpaired) electrons. The molecule has 0 aromatic heterocycles. The van der Waals surface area contributed by atoms with Crippen LogP contribution < -0.4 is 5.73 Å². The predicted octanol–water partition coefficient (Wildman–Crippen LogP) is 2.76. The van der Waals surface area contributed by atoms with Gasteiger partial charge in [0.1, 0.15) is 17.5 Å². The first-order valence-electron chi connectivity index (χ1n) is 6.11. The van der Waals surface area contributed by atoms with Gasteiger partial charge in [0.25, 0.3) is 0 Å². The summed E-state index contributed by atoms with van der Waals surface area (Å²) in [6.45, 7) is 9.01. The number of ether oxygens (including phenoxy) is 1. The first-order valence-corrected chi connectivity index (χ1v) is 6.11. The lowest BCUT2D eigenvalue weighted by Gasteiger charge is -2.25. The fourth-order valence-electron chi connectivity index (χ4n) is 1.69. The van der Waals surface area contributed by atoms with Crippen molar-refractivity contribution in [2.45, 2.75) is 38.3 Å². The molecule has 19 heavy (non-hydrogen) atoms. The largest absolute Gasteiger partial charge is 0.459 e. The van der Waals surface area contributed by atoms with Gasteiger partial charge in [-0.15, -0.1) is 6.58 Å². The van der Waals surface area contributed by atoms with Gasteiger partial charge in [-0.25, -0.2) is 4.39 Å². The summed E-state index contributed by atoms with van der Waals surface area (Å²) in [5.41, 5.74) is 6.05. The van der Waals surface area contributed by atoms with Crippen molar-refractivity contribution in [3.63, 3.8) is 0 Å². The SMILES string of the molecule is C=C[C@@H](c1ccc(F)cc1)[C@H](N)C(=O)OC(C)(C)C. The van der Waals surface area contributed by atoms with Crippen LogP contribution in [0.25, 0.3) is 0 Å². The third-order valence-electron chi connectivity index (χ3n) is 2.57. The third-order valence-corrected chi connectivity index (χ3v) is 2.57. The van der Waals surface area contributed by atoms with E-state index in [0.717, 1.165) is 5.56 Å². The highest BCUT2D eigenvalue weighted by Gasteiger charge is 2.28. The summed E-state index contributed by atoms with van der Waals surface area (Å²) >= 11 is 0. The van der Waals surface area contributed by atoms with Crippen LogP contribution in [0.2, 0.25) is 0 Å². The Bertz CT molecular complexity index is 448. The Hall–Kier alpha value is -1.68. The highest BCUT2D eigenvalue weighted by atomic mass is 19.1.